The number of hydrogen-bond donors (Lipinski definition) is 1. The van der Waals surface area contributed by atoms with Crippen LogP contribution in [0.4, 0.5) is 8.78 Å². The number of carbonyl (C=O) groups is 1. The van der Waals surface area contributed by atoms with Gasteiger partial charge in [0.15, 0.2) is 0 Å². The fourth-order valence-electron chi connectivity index (χ4n) is 7.06. The van der Waals surface area contributed by atoms with E-state index < -0.39 is 17.5 Å². The second kappa shape index (κ2) is 13.0. The maximum atomic E-state index is 14.2. The molecule has 52 heavy (non-hydrogen) atoms. The second-order valence-corrected chi connectivity index (χ2v) is 14.3. The normalized spacial score (nSPS) is 16.4. The smallest absolute Gasteiger partial charge is 0.338 e. The van der Waals surface area contributed by atoms with Gasteiger partial charge in [-0.3, -0.25) is 19.2 Å². The van der Waals surface area contributed by atoms with E-state index in [1.807, 2.05) is 0 Å². The van der Waals surface area contributed by atoms with Gasteiger partial charge in [0.25, 0.3) is 11.5 Å². The molecule has 11 nitrogen and oxygen atoms in total. The molecule has 1 saturated heterocycles. The summed E-state index contributed by atoms with van der Waals surface area (Å²) in [5.74, 6) is 2.66. The van der Waals surface area contributed by atoms with E-state index >= 15 is 0 Å². The number of thiophene rings is 1. The third-order valence-corrected chi connectivity index (χ3v) is 10.9. The molecule has 0 radical (unpaired) electrons. The van der Waals surface area contributed by atoms with Crippen molar-refractivity contribution in [1.29, 1.82) is 5.26 Å². The summed E-state index contributed by atoms with van der Waals surface area (Å²) in [4.78, 5) is 36.8. The Morgan fingerprint density at radius 2 is 1.96 bits per heavy atom. The summed E-state index contributed by atoms with van der Waals surface area (Å²) in [5, 5.41) is 26.7. The van der Waals surface area contributed by atoms with Crippen LogP contribution in [-0.4, -0.2) is 71.3 Å². The van der Waals surface area contributed by atoms with Gasteiger partial charge >= 0.3 is 5.97 Å². The van der Waals surface area contributed by atoms with Gasteiger partial charge in [0, 0.05) is 71.3 Å². The molecule has 6 aromatic rings. The average molecular weight is 740 g/mol. The number of carboxylic acid groups (broad SMARTS) is 1. The number of piperidine rings is 1. The first-order valence-corrected chi connectivity index (χ1v) is 17.8. The third-order valence-electron chi connectivity index (χ3n) is 9.67. The number of benzene rings is 1. The number of fused-ring (bicyclic) bond motifs is 4. The number of aromatic nitrogens is 5. The molecule has 1 saturated carbocycles. The number of nitriles is 1. The third kappa shape index (κ3) is 5.92. The van der Waals surface area contributed by atoms with E-state index in [2.05, 4.69) is 37.9 Å². The fraction of sp³-hybridized carbons (Fsp3) is 0.297. The lowest BCUT2D eigenvalue weighted by Crippen LogP contribution is -2.54. The Morgan fingerprint density at radius 1 is 1.17 bits per heavy atom. The van der Waals surface area contributed by atoms with Gasteiger partial charge in [-0.25, -0.2) is 23.1 Å². The van der Waals surface area contributed by atoms with Gasteiger partial charge in [-0.2, -0.15) is 10.4 Å². The monoisotopic (exact) mass is 739 g/mol. The zero-order chi connectivity index (χ0) is 36.3. The topological polar surface area (TPSA) is 139 Å². The van der Waals surface area contributed by atoms with Gasteiger partial charge in [-0.1, -0.05) is 23.4 Å². The molecule has 0 bridgehead atoms. The van der Waals surface area contributed by atoms with Crippen LogP contribution in [0.1, 0.15) is 52.9 Å². The molecular formula is C37H28ClF2N7O4S. The molecule has 2 fully saturated rings. The Hall–Kier alpha value is -5.41. The highest BCUT2D eigenvalue weighted by atomic mass is 35.5. The number of hydrogen-bond acceptors (Lipinski definition) is 9. The molecular weight excluding hydrogens is 712 g/mol. The van der Waals surface area contributed by atoms with Gasteiger partial charge in [0.1, 0.15) is 23.4 Å². The maximum absolute atomic E-state index is 14.2. The summed E-state index contributed by atoms with van der Waals surface area (Å²) < 4.78 is 36.8. The van der Waals surface area contributed by atoms with Crippen LogP contribution in [0.5, 0.6) is 5.88 Å². The van der Waals surface area contributed by atoms with Crippen LogP contribution in [0.3, 0.4) is 0 Å². The van der Waals surface area contributed by atoms with Crippen LogP contribution >= 0.6 is 22.9 Å². The summed E-state index contributed by atoms with van der Waals surface area (Å²) in [6.07, 6.45) is 3.64. The first-order chi connectivity index (χ1) is 25.0. The Morgan fingerprint density at radius 3 is 2.69 bits per heavy atom. The highest BCUT2D eigenvalue weighted by Gasteiger charge is 2.48. The van der Waals surface area contributed by atoms with Crippen molar-refractivity contribution in [3.8, 4) is 34.9 Å². The van der Waals surface area contributed by atoms with Gasteiger partial charge < -0.3 is 9.84 Å². The number of alkyl halides is 2. The molecule has 0 amide bonds. The average Bonchev–Trinajstić information content (AvgIpc) is 3.73. The molecule has 6 heterocycles. The zero-order valence-electron chi connectivity index (χ0n) is 27.6. The first kappa shape index (κ1) is 33.7. The Balaban J connectivity index is 1.13. The van der Waals surface area contributed by atoms with Gasteiger partial charge in [-0.05, 0) is 44.0 Å². The molecule has 0 atom stereocenters. The molecule has 1 aliphatic carbocycles. The number of aromatic carboxylic acids is 1. The van der Waals surface area contributed by atoms with Crippen LogP contribution in [0.15, 0.2) is 52.9 Å². The van der Waals surface area contributed by atoms with Crippen molar-refractivity contribution in [1.82, 2.24) is 29.0 Å². The summed E-state index contributed by atoms with van der Waals surface area (Å²) >= 11 is 7.68. The Kier molecular flexibility index (Phi) is 8.41. The van der Waals surface area contributed by atoms with Gasteiger partial charge in [-0.15, -0.1) is 11.3 Å². The number of likely N-dealkylation sites (tertiary alicyclic amines) is 1. The van der Waals surface area contributed by atoms with Crippen LogP contribution in [0, 0.1) is 30.1 Å². The minimum Gasteiger partial charge on any atom is -0.478 e. The Bertz CT molecular complexity index is 2600. The lowest BCUT2D eigenvalue weighted by Gasteiger charge is -2.45. The molecule has 1 aromatic carbocycles. The van der Waals surface area contributed by atoms with Gasteiger partial charge in [0.05, 0.1) is 45.1 Å². The van der Waals surface area contributed by atoms with Crippen molar-refractivity contribution >= 4 is 55.7 Å². The molecule has 1 N–H and O–H groups in total. The molecule has 0 spiro atoms. The number of halogens is 3. The van der Waals surface area contributed by atoms with E-state index in [1.54, 1.807) is 53.3 Å². The minimum atomic E-state index is -2.59. The van der Waals surface area contributed by atoms with Crippen molar-refractivity contribution in [3.05, 3.63) is 85.9 Å². The van der Waals surface area contributed by atoms with Crippen molar-refractivity contribution in [3.63, 3.8) is 0 Å². The summed E-state index contributed by atoms with van der Waals surface area (Å²) in [6, 6.07) is 10.8. The highest BCUT2D eigenvalue weighted by Crippen LogP contribution is 2.41. The number of aryl methyl sites for hydroxylation is 1. The number of rotatable bonds is 6. The highest BCUT2D eigenvalue weighted by molar-refractivity contribution is 7.18. The second-order valence-electron chi connectivity index (χ2n) is 13.0. The quantitative estimate of drug-likeness (QED) is 0.189. The largest absolute Gasteiger partial charge is 0.478 e. The van der Waals surface area contributed by atoms with Crippen molar-refractivity contribution in [2.45, 2.75) is 57.2 Å². The summed E-state index contributed by atoms with van der Waals surface area (Å²) in [7, 11) is 0. The summed E-state index contributed by atoms with van der Waals surface area (Å²) in [5.41, 5.74) is 3.45. The maximum Gasteiger partial charge on any atom is 0.338 e. The molecule has 2 aliphatic rings. The van der Waals surface area contributed by atoms with Crippen molar-refractivity contribution in [2.24, 2.45) is 0 Å². The summed E-state index contributed by atoms with van der Waals surface area (Å²) in [6.45, 7) is 2.93. The number of nitrogens with zero attached hydrogens (tertiary/aromatic N) is 7. The van der Waals surface area contributed by atoms with E-state index in [1.165, 1.54) is 22.1 Å². The standard InChI is InChI=1S/C37H28ClF2N7O4S/c1-20-13-30-46(10-2-3-21-4-5-22(38)14-26(21)25-6-9-42-32-28(36(49)50)19-52-33(25)32)35(48)31-27(17-41)34(43-18-29(31)47(30)44-20)51-24-7-11-45(12-8-24)23-15-37(39,40)16-23/h4-6,9,13-14,18-19,23-24H,7-8,10-12,15-16H2,1H3,(H,49,50). The number of ether oxygens (including phenoxy) is 1. The molecule has 15 heteroatoms. The lowest BCUT2D eigenvalue weighted by molar-refractivity contribution is -0.129. The fourth-order valence-corrected chi connectivity index (χ4v) is 8.26. The predicted molar refractivity (Wildman–Crippen MR) is 191 cm³/mol. The molecule has 8 rings (SSSR count). The number of pyridine rings is 2. The number of carboxylic acids is 1. The molecule has 0 unspecified atom stereocenters. The zero-order valence-corrected chi connectivity index (χ0v) is 29.1. The van der Waals surface area contributed by atoms with Crippen molar-refractivity contribution < 1.29 is 23.4 Å². The predicted octanol–water partition coefficient (Wildman–Crippen LogP) is 6.55. The van der Waals surface area contributed by atoms with Crippen LogP contribution in [0.25, 0.3) is 37.9 Å². The van der Waals surface area contributed by atoms with E-state index in [0.717, 1.165) is 5.56 Å². The van der Waals surface area contributed by atoms with E-state index in [0.29, 0.717) is 69.2 Å². The molecule has 5 aromatic heterocycles. The minimum absolute atomic E-state index is 0.0151. The van der Waals surface area contributed by atoms with Crippen LogP contribution in [0.2, 0.25) is 5.02 Å². The van der Waals surface area contributed by atoms with Gasteiger partial charge in [0.2, 0.25) is 5.88 Å². The lowest BCUT2D eigenvalue weighted by atomic mass is 9.85. The van der Waals surface area contributed by atoms with E-state index in [-0.39, 0.29) is 53.9 Å². The van der Waals surface area contributed by atoms with E-state index in [9.17, 15) is 28.7 Å². The Labute approximate surface area is 303 Å². The van der Waals surface area contributed by atoms with Crippen LogP contribution < -0.4 is 10.3 Å². The van der Waals surface area contributed by atoms with E-state index in [4.69, 9.17) is 16.3 Å². The molecule has 262 valence electrons. The molecule has 1 aliphatic heterocycles. The first-order valence-electron chi connectivity index (χ1n) is 16.5. The van der Waals surface area contributed by atoms with Crippen molar-refractivity contribution in [2.75, 3.05) is 13.1 Å². The SMILES string of the molecule is Cc1cc2n(CC#Cc3ccc(Cl)cc3-c3ccnc4c(C(=O)O)csc34)c(=O)c3c(C#N)c(OC4CCN(C5CC(F)(F)C5)CC4)ncc3n2n1. The van der Waals surface area contributed by atoms with Crippen LogP contribution in [-0.2, 0) is 6.54 Å².